The molecule has 0 radical (unpaired) electrons. The van der Waals surface area contributed by atoms with Crippen LogP contribution in [0.2, 0.25) is 0 Å². The summed E-state index contributed by atoms with van der Waals surface area (Å²) in [4.78, 5) is 14.1. The summed E-state index contributed by atoms with van der Waals surface area (Å²) in [6, 6.07) is 7.46. The van der Waals surface area contributed by atoms with Gasteiger partial charge in [0.15, 0.2) is 5.78 Å². The number of hydrogen-bond donors (Lipinski definition) is 0. The van der Waals surface area contributed by atoms with Crippen LogP contribution in [-0.2, 0) is 10.8 Å². The predicted molar refractivity (Wildman–Crippen MR) is 72.8 cm³/mol. The zero-order chi connectivity index (χ0) is 12.3. The molecule has 1 heterocycles. The van der Waals surface area contributed by atoms with E-state index in [0.717, 1.165) is 23.1 Å². The van der Waals surface area contributed by atoms with Gasteiger partial charge in [0, 0.05) is 45.4 Å². The van der Waals surface area contributed by atoms with Gasteiger partial charge in [-0.25, -0.2) is 0 Å². The molecule has 0 spiro atoms. The summed E-state index contributed by atoms with van der Waals surface area (Å²) in [5.74, 6) is 1.48. The molecule has 1 aliphatic rings. The van der Waals surface area contributed by atoms with Gasteiger partial charge >= 0.3 is 0 Å². The van der Waals surface area contributed by atoms with Crippen molar-refractivity contribution in [1.82, 2.24) is 4.90 Å². The van der Waals surface area contributed by atoms with E-state index in [9.17, 15) is 9.00 Å². The Bertz CT molecular complexity index is 440. The fourth-order valence-electron chi connectivity index (χ4n) is 1.81. The Labute approximate surface area is 112 Å². The van der Waals surface area contributed by atoms with Crippen molar-refractivity contribution < 1.29 is 9.00 Å². The van der Waals surface area contributed by atoms with Crippen LogP contribution in [0.3, 0.4) is 0 Å². The van der Waals surface area contributed by atoms with Crippen LogP contribution in [0.1, 0.15) is 10.4 Å². The quantitative estimate of drug-likeness (QED) is 0.797. The van der Waals surface area contributed by atoms with Gasteiger partial charge in [0.2, 0.25) is 0 Å². The molecule has 1 aliphatic heterocycles. The molecule has 0 aliphatic carbocycles. The van der Waals surface area contributed by atoms with E-state index in [1.54, 1.807) is 0 Å². The molecule has 0 amide bonds. The number of carbonyl (C=O) groups is 1. The SMILES string of the molecule is O=C(CN1CCS(=O)CC1)c1ccccc1Br. The standard InChI is InChI=1S/C12H14BrNO2S/c13-11-4-2-1-3-10(11)12(15)9-14-5-7-17(16)8-6-14/h1-4H,5-9H2. The smallest absolute Gasteiger partial charge is 0.177 e. The van der Waals surface area contributed by atoms with Gasteiger partial charge in [-0.3, -0.25) is 13.9 Å². The molecule has 1 saturated heterocycles. The Hall–Kier alpha value is -0.520. The molecule has 92 valence electrons. The van der Waals surface area contributed by atoms with E-state index in [1.165, 1.54) is 0 Å². The van der Waals surface area contributed by atoms with Gasteiger partial charge in [-0.1, -0.05) is 34.1 Å². The lowest BCUT2D eigenvalue weighted by atomic mass is 10.1. The predicted octanol–water partition coefficient (Wildman–Crippen LogP) is 1.70. The molecule has 0 saturated carbocycles. The highest BCUT2D eigenvalue weighted by Crippen LogP contribution is 2.17. The zero-order valence-corrected chi connectivity index (χ0v) is 11.8. The van der Waals surface area contributed by atoms with Gasteiger partial charge in [-0.2, -0.15) is 0 Å². The maximum Gasteiger partial charge on any atom is 0.177 e. The number of ketones is 1. The van der Waals surface area contributed by atoms with Crippen LogP contribution in [-0.4, -0.2) is 46.0 Å². The van der Waals surface area contributed by atoms with Crippen molar-refractivity contribution in [3.63, 3.8) is 0 Å². The summed E-state index contributed by atoms with van der Waals surface area (Å²) in [5, 5.41) is 0. The molecule has 17 heavy (non-hydrogen) atoms. The largest absolute Gasteiger partial charge is 0.294 e. The second-order valence-electron chi connectivity index (χ2n) is 4.03. The molecule has 1 fully saturated rings. The number of benzene rings is 1. The minimum atomic E-state index is -0.687. The molecule has 1 aromatic rings. The van der Waals surface area contributed by atoms with Gasteiger partial charge in [0.25, 0.3) is 0 Å². The molecule has 1 aromatic carbocycles. The van der Waals surface area contributed by atoms with Gasteiger partial charge in [-0.05, 0) is 6.07 Å². The third-order valence-corrected chi connectivity index (χ3v) is 4.78. The molecule has 0 atom stereocenters. The first-order valence-electron chi connectivity index (χ1n) is 5.52. The first-order chi connectivity index (χ1) is 8.16. The topological polar surface area (TPSA) is 37.4 Å². The van der Waals surface area contributed by atoms with Crippen LogP contribution in [0, 0.1) is 0 Å². The van der Waals surface area contributed by atoms with E-state index in [-0.39, 0.29) is 5.78 Å². The number of rotatable bonds is 3. The van der Waals surface area contributed by atoms with Crippen molar-refractivity contribution in [2.75, 3.05) is 31.1 Å². The number of halogens is 1. The highest BCUT2D eigenvalue weighted by Gasteiger charge is 2.19. The lowest BCUT2D eigenvalue weighted by molar-refractivity contribution is 0.0936. The number of Topliss-reactive ketones (excluding diaryl/α,β-unsaturated/α-hetero) is 1. The third kappa shape index (κ3) is 3.47. The molecule has 2 rings (SSSR count). The molecule has 3 nitrogen and oxygen atoms in total. The van der Waals surface area contributed by atoms with Crippen LogP contribution < -0.4 is 0 Å². The summed E-state index contributed by atoms with van der Waals surface area (Å²) >= 11 is 3.38. The summed E-state index contributed by atoms with van der Waals surface area (Å²) < 4.78 is 12.0. The summed E-state index contributed by atoms with van der Waals surface area (Å²) in [6.07, 6.45) is 0. The summed E-state index contributed by atoms with van der Waals surface area (Å²) in [6.45, 7) is 1.92. The van der Waals surface area contributed by atoms with Crippen molar-refractivity contribution in [3.05, 3.63) is 34.3 Å². The highest BCUT2D eigenvalue weighted by atomic mass is 79.9. The Morgan fingerprint density at radius 2 is 1.94 bits per heavy atom. The normalized spacial score (nSPS) is 18.2. The first-order valence-corrected chi connectivity index (χ1v) is 7.80. The highest BCUT2D eigenvalue weighted by molar-refractivity contribution is 9.10. The Morgan fingerprint density at radius 3 is 2.59 bits per heavy atom. The minimum Gasteiger partial charge on any atom is -0.294 e. The molecular weight excluding hydrogens is 302 g/mol. The second-order valence-corrected chi connectivity index (χ2v) is 6.58. The average molecular weight is 316 g/mol. The number of nitrogens with zero attached hydrogens (tertiary/aromatic N) is 1. The molecule has 0 unspecified atom stereocenters. The Morgan fingerprint density at radius 1 is 1.29 bits per heavy atom. The van der Waals surface area contributed by atoms with E-state index in [4.69, 9.17) is 0 Å². The van der Waals surface area contributed by atoms with Crippen molar-refractivity contribution in [2.24, 2.45) is 0 Å². The average Bonchev–Trinajstić information content (AvgIpc) is 2.32. The van der Waals surface area contributed by atoms with E-state index >= 15 is 0 Å². The van der Waals surface area contributed by atoms with Crippen LogP contribution in [0.25, 0.3) is 0 Å². The minimum absolute atomic E-state index is 0.116. The maximum absolute atomic E-state index is 12.1. The van der Waals surface area contributed by atoms with Crippen molar-refractivity contribution in [1.29, 1.82) is 0 Å². The second kappa shape index (κ2) is 5.89. The molecule has 0 aromatic heterocycles. The van der Waals surface area contributed by atoms with E-state index in [0.29, 0.717) is 18.1 Å². The molecule has 0 bridgehead atoms. The lowest BCUT2D eigenvalue weighted by Gasteiger charge is -2.25. The lowest BCUT2D eigenvalue weighted by Crippen LogP contribution is -2.40. The Balaban J connectivity index is 1.98. The fourth-order valence-corrected chi connectivity index (χ4v) is 3.44. The van der Waals surface area contributed by atoms with Gasteiger partial charge in [0.1, 0.15) is 0 Å². The van der Waals surface area contributed by atoms with Crippen molar-refractivity contribution >= 4 is 32.5 Å². The van der Waals surface area contributed by atoms with E-state index in [1.807, 2.05) is 24.3 Å². The first kappa shape index (κ1) is 12.9. The van der Waals surface area contributed by atoms with Crippen molar-refractivity contribution in [2.45, 2.75) is 0 Å². The van der Waals surface area contributed by atoms with Crippen LogP contribution in [0.5, 0.6) is 0 Å². The van der Waals surface area contributed by atoms with Crippen molar-refractivity contribution in [3.8, 4) is 0 Å². The van der Waals surface area contributed by atoms with Gasteiger partial charge < -0.3 is 0 Å². The van der Waals surface area contributed by atoms with Crippen LogP contribution >= 0.6 is 15.9 Å². The fraction of sp³-hybridized carbons (Fsp3) is 0.417. The zero-order valence-electron chi connectivity index (χ0n) is 9.39. The molecule has 0 N–H and O–H groups in total. The van der Waals surface area contributed by atoms with Crippen LogP contribution in [0.4, 0.5) is 0 Å². The molecule has 5 heteroatoms. The summed E-state index contributed by atoms with van der Waals surface area (Å²) in [5.41, 5.74) is 0.721. The van der Waals surface area contributed by atoms with Crippen LogP contribution in [0.15, 0.2) is 28.7 Å². The third-order valence-electron chi connectivity index (χ3n) is 2.81. The number of hydrogen-bond acceptors (Lipinski definition) is 3. The number of carbonyl (C=O) groups excluding carboxylic acids is 1. The molecular formula is C12H14BrNO2S. The summed E-state index contributed by atoms with van der Waals surface area (Å²) in [7, 11) is -0.687. The van der Waals surface area contributed by atoms with E-state index < -0.39 is 10.8 Å². The maximum atomic E-state index is 12.1. The Kier molecular flexibility index (Phi) is 4.48. The van der Waals surface area contributed by atoms with E-state index in [2.05, 4.69) is 20.8 Å². The van der Waals surface area contributed by atoms with Gasteiger partial charge in [-0.15, -0.1) is 0 Å². The van der Waals surface area contributed by atoms with Gasteiger partial charge in [0.05, 0.1) is 6.54 Å². The monoisotopic (exact) mass is 315 g/mol.